The molecule has 1 aliphatic carbocycles. The van der Waals surface area contributed by atoms with E-state index in [2.05, 4.69) is 60.4 Å². The minimum absolute atomic E-state index is 0.0241. The summed E-state index contributed by atoms with van der Waals surface area (Å²) >= 11 is 0. The highest BCUT2D eigenvalue weighted by atomic mass is 16.5. The van der Waals surface area contributed by atoms with Gasteiger partial charge < -0.3 is 20.0 Å². The number of nitrogens with zero attached hydrogens (tertiary/aromatic N) is 6. The van der Waals surface area contributed by atoms with Gasteiger partial charge in [-0.15, -0.1) is 0 Å². The van der Waals surface area contributed by atoms with Crippen LogP contribution in [-0.2, 0) is 10.2 Å². The second-order valence-electron chi connectivity index (χ2n) is 10.4. The van der Waals surface area contributed by atoms with Crippen molar-refractivity contribution in [2.45, 2.75) is 63.1 Å². The summed E-state index contributed by atoms with van der Waals surface area (Å²) in [4.78, 5) is 14.6. The fourth-order valence-electron chi connectivity index (χ4n) is 5.80. The highest BCUT2D eigenvalue weighted by molar-refractivity contribution is 5.88. The van der Waals surface area contributed by atoms with Crippen molar-refractivity contribution in [3.8, 4) is 6.07 Å². The summed E-state index contributed by atoms with van der Waals surface area (Å²) in [7, 11) is 4.28. The Bertz CT molecular complexity index is 1120. The molecule has 5 rings (SSSR count). The second kappa shape index (κ2) is 9.12. The Morgan fingerprint density at radius 2 is 2.06 bits per heavy atom. The zero-order chi connectivity index (χ0) is 23.9. The minimum Gasteiger partial charge on any atom is -0.377 e. The first-order valence-corrected chi connectivity index (χ1v) is 12.4. The topological polar surface area (TPSA) is 89.7 Å². The monoisotopic (exact) mass is 461 g/mol. The zero-order valence-corrected chi connectivity index (χ0v) is 20.7. The summed E-state index contributed by atoms with van der Waals surface area (Å²) in [5.74, 6) is 1.14. The van der Waals surface area contributed by atoms with Gasteiger partial charge >= 0.3 is 0 Å². The van der Waals surface area contributed by atoms with Gasteiger partial charge in [-0.3, -0.25) is 4.98 Å². The van der Waals surface area contributed by atoms with Crippen molar-refractivity contribution >= 4 is 22.9 Å². The molecule has 0 amide bonds. The molecular formula is C26H35N7O. The molecule has 2 unspecified atom stereocenters. The molecule has 4 heterocycles. The molecule has 8 nitrogen and oxygen atoms in total. The van der Waals surface area contributed by atoms with Gasteiger partial charge in [-0.25, -0.2) is 4.98 Å². The standard InChI is InChI=1S/C26H35N7O/c1-17-14-29-31-23(17)25-24-20(7-10-28-25)21(13-22(30-24)33-11-12-34-15-18(33)2)26(16-27)8-5-19(6-9-26)32(3)4/h7,10,13-14,17-19,23,31H,5-6,8-9,11-12,15H2,1-4H3/t17?,18-,19?,23?,26?/m1/s1. The molecule has 2 aromatic heterocycles. The van der Waals surface area contributed by atoms with Crippen LogP contribution in [0.2, 0.25) is 0 Å². The Morgan fingerprint density at radius 1 is 1.26 bits per heavy atom. The summed E-state index contributed by atoms with van der Waals surface area (Å²) in [5.41, 5.74) is 5.58. The van der Waals surface area contributed by atoms with Crippen molar-refractivity contribution in [1.82, 2.24) is 20.3 Å². The van der Waals surface area contributed by atoms with Crippen LogP contribution in [0.15, 0.2) is 23.4 Å². The lowest BCUT2D eigenvalue weighted by Crippen LogP contribution is -2.44. The molecule has 1 saturated carbocycles. The van der Waals surface area contributed by atoms with Gasteiger partial charge in [-0.1, -0.05) is 6.92 Å². The first kappa shape index (κ1) is 23.0. The van der Waals surface area contributed by atoms with Crippen LogP contribution in [0.25, 0.3) is 10.9 Å². The number of hydrogen-bond acceptors (Lipinski definition) is 8. The highest BCUT2D eigenvalue weighted by Gasteiger charge is 2.40. The molecule has 180 valence electrons. The van der Waals surface area contributed by atoms with Crippen LogP contribution in [0.4, 0.5) is 5.82 Å². The summed E-state index contributed by atoms with van der Waals surface area (Å²) < 4.78 is 5.70. The highest BCUT2D eigenvalue weighted by Crippen LogP contribution is 2.44. The molecule has 8 heteroatoms. The van der Waals surface area contributed by atoms with E-state index >= 15 is 0 Å². The largest absolute Gasteiger partial charge is 0.377 e. The van der Waals surface area contributed by atoms with Crippen molar-refractivity contribution < 1.29 is 4.74 Å². The molecule has 2 fully saturated rings. The van der Waals surface area contributed by atoms with Gasteiger partial charge in [0.15, 0.2) is 0 Å². The van der Waals surface area contributed by atoms with E-state index in [1.54, 1.807) is 0 Å². The lowest BCUT2D eigenvalue weighted by molar-refractivity contribution is 0.0985. The number of anilines is 1. The van der Waals surface area contributed by atoms with E-state index in [1.165, 1.54) is 0 Å². The van der Waals surface area contributed by atoms with Gasteiger partial charge in [0.05, 0.1) is 48.0 Å². The Morgan fingerprint density at radius 3 is 2.71 bits per heavy atom. The van der Waals surface area contributed by atoms with Crippen molar-refractivity contribution in [3.05, 3.63) is 29.6 Å². The molecule has 0 spiro atoms. The normalized spacial score (nSPS) is 31.6. The number of ether oxygens (including phenoxy) is 1. The first-order chi connectivity index (χ1) is 16.4. The molecule has 2 aliphatic heterocycles. The van der Waals surface area contributed by atoms with Crippen LogP contribution in [0.3, 0.4) is 0 Å². The number of rotatable bonds is 4. The van der Waals surface area contributed by atoms with Gasteiger partial charge in [0.1, 0.15) is 5.82 Å². The van der Waals surface area contributed by atoms with Gasteiger partial charge in [-0.05, 0) is 64.4 Å². The van der Waals surface area contributed by atoms with E-state index in [1.807, 2.05) is 18.5 Å². The van der Waals surface area contributed by atoms with E-state index in [4.69, 9.17) is 14.7 Å². The third-order valence-corrected chi connectivity index (χ3v) is 8.02. The summed E-state index contributed by atoms with van der Waals surface area (Å²) in [6.07, 6.45) is 7.52. The molecule has 3 aliphatic rings. The molecule has 0 radical (unpaired) electrons. The maximum absolute atomic E-state index is 10.6. The van der Waals surface area contributed by atoms with E-state index in [9.17, 15) is 5.26 Å². The van der Waals surface area contributed by atoms with E-state index in [-0.39, 0.29) is 18.0 Å². The van der Waals surface area contributed by atoms with Crippen LogP contribution < -0.4 is 10.3 Å². The lowest BCUT2D eigenvalue weighted by atomic mass is 9.68. The van der Waals surface area contributed by atoms with Crippen LogP contribution in [-0.4, -0.2) is 67.0 Å². The number of nitrogens with one attached hydrogen (secondary N) is 1. The number of morpholine rings is 1. The summed E-state index contributed by atoms with van der Waals surface area (Å²) in [6.45, 7) is 6.47. The maximum atomic E-state index is 10.6. The number of hydrazone groups is 1. The zero-order valence-electron chi connectivity index (χ0n) is 20.7. The van der Waals surface area contributed by atoms with Gasteiger partial charge in [0.2, 0.25) is 0 Å². The number of fused-ring (bicyclic) bond motifs is 1. The molecule has 1 N–H and O–H groups in total. The smallest absolute Gasteiger partial charge is 0.130 e. The Balaban J connectivity index is 1.68. The van der Waals surface area contributed by atoms with Crippen molar-refractivity contribution in [2.24, 2.45) is 11.0 Å². The average Bonchev–Trinajstić information content (AvgIpc) is 3.28. The van der Waals surface area contributed by atoms with Gasteiger partial charge in [-0.2, -0.15) is 10.4 Å². The number of pyridine rings is 2. The fraction of sp³-hybridized carbons (Fsp3) is 0.615. The maximum Gasteiger partial charge on any atom is 0.130 e. The van der Waals surface area contributed by atoms with Crippen LogP contribution in [0.1, 0.15) is 56.8 Å². The van der Waals surface area contributed by atoms with Crippen molar-refractivity contribution in [3.63, 3.8) is 0 Å². The Kier molecular flexibility index (Phi) is 6.17. The van der Waals surface area contributed by atoms with Crippen LogP contribution in [0, 0.1) is 17.2 Å². The average molecular weight is 462 g/mol. The molecule has 3 atom stereocenters. The SMILES string of the molecule is CC1C=NNC1c1nccc2c(C3(C#N)CCC(N(C)C)CC3)cc(N3CCOC[C@H]3C)nc12. The lowest BCUT2D eigenvalue weighted by Gasteiger charge is -2.39. The first-order valence-electron chi connectivity index (χ1n) is 12.4. The molecule has 2 aromatic rings. The van der Waals surface area contributed by atoms with Gasteiger partial charge in [0.25, 0.3) is 0 Å². The molecule has 0 bridgehead atoms. The number of nitriles is 1. The van der Waals surface area contributed by atoms with E-state index < -0.39 is 5.41 Å². The molecular weight excluding hydrogens is 426 g/mol. The van der Waals surface area contributed by atoms with Gasteiger partial charge in [0, 0.05) is 36.3 Å². The van der Waals surface area contributed by atoms with E-state index in [0.29, 0.717) is 19.3 Å². The molecule has 34 heavy (non-hydrogen) atoms. The van der Waals surface area contributed by atoms with Crippen LogP contribution in [0.5, 0.6) is 0 Å². The number of hydrogen-bond donors (Lipinski definition) is 1. The Hall–Kier alpha value is -2.76. The number of aromatic nitrogens is 2. The fourth-order valence-corrected chi connectivity index (χ4v) is 5.80. The van der Waals surface area contributed by atoms with Crippen LogP contribution >= 0.6 is 0 Å². The third-order valence-electron chi connectivity index (χ3n) is 8.02. The second-order valence-corrected chi connectivity index (χ2v) is 10.4. The Labute approximate surface area is 202 Å². The molecule has 0 aromatic carbocycles. The van der Waals surface area contributed by atoms with Crippen molar-refractivity contribution in [2.75, 3.05) is 38.8 Å². The minimum atomic E-state index is -0.526. The summed E-state index contributed by atoms with van der Waals surface area (Å²) in [6, 6.07) is 7.73. The third kappa shape index (κ3) is 3.91. The quantitative estimate of drug-likeness (QED) is 0.746. The van der Waals surface area contributed by atoms with Crippen molar-refractivity contribution in [1.29, 1.82) is 5.26 Å². The molecule has 1 saturated heterocycles. The predicted octanol–water partition coefficient (Wildman–Crippen LogP) is 3.39. The summed E-state index contributed by atoms with van der Waals surface area (Å²) in [5, 5.41) is 15.9. The van der Waals surface area contributed by atoms with E-state index in [0.717, 1.165) is 60.2 Å². The predicted molar refractivity (Wildman–Crippen MR) is 134 cm³/mol.